The van der Waals surface area contributed by atoms with Gasteiger partial charge in [-0.1, -0.05) is 78.8 Å². The third kappa shape index (κ3) is 4.63. The molecule has 1 aliphatic rings. The van der Waals surface area contributed by atoms with Crippen LogP contribution in [0.1, 0.15) is 30.5 Å². The largest absolute Gasteiger partial charge is 0.506 e. The lowest BCUT2D eigenvalue weighted by molar-refractivity contribution is -0.111. The highest BCUT2D eigenvalue weighted by molar-refractivity contribution is 9.10. The number of aliphatic hydroxyl groups is 1. The van der Waals surface area contributed by atoms with Crippen LogP contribution in [0, 0.1) is 6.92 Å². The van der Waals surface area contributed by atoms with Crippen LogP contribution in [-0.2, 0) is 16.8 Å². The molecule has 38 heavy (non-hydrogen) atoms. The van der Waals surface area contributed by atoms with Gasteiger partial charge in [0.25, 0.3) is 0 Å². The quantitative estimate of drug-likeness (QED) is 0.219. The lowest BCUT2D eigenvalue weighted by Crippen LogP contribution is -2.24. The van der Waals surface area contributed by atoms with E-state index in [0.717, 1.165) is 43.4 Å². The summed E-state index contributed by atoms with van der Waals surface area (Å²) >= 11 is 3.44. The Morgan fingerprint density at radius 3 is 2.45 bits per heavy atom. The molecule has 4 nitrogen and oxygen atoms in total. The van der Waals surface area contributed by atoms with Gasteiger partial charge < -0.3 is 14.4 Å². The molecule has 0 bridgehead atoms. The number of aryl methyl sites for hydroxylation is 1. The molecule has 3 aromatic carbocycles. The minimum Gasteiger partial charge on any atom is -0.506 e. The van der Waals surface area contributed by atoms with Gasteiger partial charge in [-0.3, -0.25) is 4.79 Å². The number of hydrogen-bond donors (Lipinski definition) is 1. The molecule has 1 aliphatic carbocycles. The second kappa shape index (κ2) is 10.1. The molecule has 0 amide bonds. The van der Waals surface area contributed by atoms with Crippen LogP contribution in [0.2, 0.25) is 0 Å². The summed E-state index contributed by atoms with van der Waals surface area (Å²) in [6, 6.07) is 23.8. The minimum atomic E-state index is -0.389. The number of aliphatic hydroxyl groups excluding tert-OH is 1. The van der Waals surface area contributed by atoms with Gasteiger partial charge in [0, 0.05) is 32.6 Å². The number of ketones is 1. The van der Waals surface area contributed by atoms with Crippen LogP contribution in [0.4, 0.5) is 0 Å². The predicted molar refractivity (Wildman–Crippen MR) is 158 cm³/mol. The number of carbonyl (C=O) groups is 1. The lowest BCUT2D eigenvalue weighted by Gasteiger charge is -2.30. The van der Waals surface area contributed by atoms with Crippen LogP contribution in [0.3, 0.4) is 0 Å². The maximum absolute atomic E-state index is 13.4. The number of para-hydroxylation sites is 1. The Morgan fingerprint density at radius 2 is 1.74 bits per heavy atom. The highest BCUT2D eigenvalue weighted by Crippen LogP contribution is 2.42. The van der Waals surface area contributed by atoms with Gasteiger partial charge in [0.2, 0.25) is 5.78 Å². The van der Waals surface area contributed by atoms with Crippen LogP contribution >= 0.6 is 15.9 Å². The number of hydrogen-bond acceptors (Lipinski definition) is 3. The van der Waals surface area contributed by atoms with E-state index in [1.807, 2.05) is 66.9 Å². The van der Waals surface area contributed by atoms with E-state index in [2.05, 4.69) is 60.0 Å². The number of rotatable bonds is 8. The maximum Gasteiger partial charge on any atom is 0.201 e. The molecule has 0 atom stereocenters. The van der Waals surface area contributed by atoms with Crippen molar-refractivity contribution < 1.29 is 14.6 Å². The van der Waals surface area contributed by atoms with Gasteiger partial charge in [0.05, 0.1) is 17.7 Å². The molecule has 1 aromatic heterocycles. The highest BCUT2D eigenvalue weighted by atomic mass is 79.9. The van der Waals surface area contributed by atoms with Crippen molar-refractivity contribution in [3.63, 3.8) is 0 Å². The molecule has 1 heterocycles. The highest BCUT2D eigenvalue weighted by Gasteiger charge is 2.37. The molecule has 5 heteroatoms. The molecule has 1 N–H and O–H groups in total. The van der Waals surface area contributed by atoms with Crippen molar-refractivity contribution in [2.24, 2.45) is 0 Å². The summed E-state index contributed by atoms with van der Waals surface area (Å²) in [7, 11) is 0. The van der Waals surface area contributed by atoms with Gasteiger partial charge >= 0.3 is 0 Å². The third-order valence-corrected chi connectivity index (χ3v) is 7.90. The number of ether oxygens (including phenoxy) is 1. The van der Waals surface area contributed by atoms with Crippen molar-refractivity contribution >= 4 is 38.2 Å². The van der Waals surface area contributed by atoms with Crippen LogP contribution < -0.4 is 4.74 Å². The molecule has 0 saturated heterocycles. The van der Waals surface area contributed by atoms with E-state index in [0.29, 0.717) is 24.3 Å². The standard InChI is InChI=1S/C33H30BrNO3/c1-21-9-5-7-11-28(21)33(3,4)22(2)19-26-31(36)30(32(26)37)27-20-35(29-12-8-6-10-25(27)29)17-18-38-24-15-13-23(34)14-16-24/h5-16,19-20,36H,2,17-18H2,1,3-4H3/b26-19-. The van der Waals surface area contributed by atoms with E-state index >= 15 is 0 Å². The van der Waals surface area contributed by atoms with E-state index in [1.54, 1.807) is 6.08 Å². The van der Waals surface area contributed by atoms with Crippen LogP contribution in [0.5, 0.6) is 5.75 Å². The lowest BCUT2D eigenvalue weighted by atomic mass is 9.74. The van der Waals surface area contributed by atoms with Gasteiger partial charge in [-0.25, -0.2) is 0 Å². The molecule has 4 aromatic rings. The molecule has 5 rings (SSSR count). The Bertz CT molecular complexity index is 1620. The second-order valence-electron chi connectivity index (χ2n) is 10.1. The molecule has 192 valence electrons. The van der Waals surface area contributed by atoms with Crippen LogP contribution in [0.15, 0.2) is 113 Å². The van der Waals surface area contributed by atoms with E-state index in [4.69, 9.17) is 4.74 Å². The number of nitrogens with zero attached hydrogens (tertiary/aromatic N) is 1. The average Bonchev–Trinajstić information content (AvgIpc) is 3.26. The number of Topliss-reactive ketones (excluding diaryl/α,β-unsaturated/α-hetero) is 1. The molecule has 0 spiro atoms. The molecule has 0 radical (unpaired) electrons. The zero-order valence-electron chi connectivity index (χ0n) is 21.8. The topological polar surface area (TPSA) is 51.5 Å². The fourth-order valence-corrected chi connectivity index (χ4v) is 5.30. The summed E-state index contributed by atoms with van der Waals surface area (Å²) in [5.41, 5.74) is 5.06. The van der Waals surface area contributed by atoms with Gasteiger partial charge in [-0.05, 0) is 60.0 Å². The maximum atomic E-state index is 13.4. The van der Waals surface area contributed by atoms with Crippen molar-refractivity contribution in [2.45, 2.75) is 32.7 Å². The Balaban J connectivity index is 1.42. The monoisotopic (exact) mass is 567 g/mol. The zero-order chi connectivity index (χ0) is 27.0. The predicted octanol–water partition coefficient (Wildman–Crippen LogP) is 8.10. The number of aromatic nitrogens is 1. The Labute approximate surface area is 231 Å². The Kier molecular flexibility index (Phi) is 6.89. The summed E-state index contributed by atoms with van der Waals surface area (Å²) in [4.78, 5) is 13.4. The van der Waals surface area contributed by atoms with Crippen molar-refractivity contribution in [3.8, 4) is 5.75 Å². The van der Waals surface area contributed by atoms with Crippen molar-refractivity contribution in [2.75, 3.05) is 6.61 Å². The second-order valence-corrected chi connectivity index (χ2v) is 11.0. The number of allylic oxidation sites excluding steroid dienone is 4. The third-order valence-electron chi connectivity index (χ3n) is 7.38. The number of fused-ring (bicyclic) bond motifs is 1. The minimum absolute atomic E-state index is 0.0192. The van der Waals surface area contributed by atoms with Gasteiger partial charge in [0.1, 0.15) is 18.1 Å². The summed E-state index contributed by atoms with van der Waals surface area (Å²) in [5.74, 6) is 0.645. The number of benzene rings is 3. The number of carbonyl (C=O) groups excluding carboxylic acids is 1. The Morgan fingerprint density at radius 1 is 1.05 bits per heavy atom. The molecule has 0 aliphatic heterocycles. The van der Waals surface area contributed by atoms with Crippen molar-refractivity contribution in [3.05, 3.63) is 130 Å². The first-order valence-electron chi connectivity index (χ1n) is 12.6. The number of halogens is 1. The molecule has 0 fully saturated rings. The summed E-state index contributed by atoms with van der Waals surface area (Å²) in [5, 5.41) is 12.0. The molecular formula is C33H30BrNO3. The van der Waals surface area contributed by atoms with Crippen molar-refractivity contribution in [1.82, 2.24) is 4.57 Å². The van der Waals surface area contributed by atoms with E-state index in [9.17, 15) is 9.90 Å². The smallest absolute Gasteiger partial charge is 0.201 e. The van der Waals surface area contributed by atoms with E-state index in [-0.39, 0.29) is 17.0 Å². The Hall–Kier alpha value is -3.83. The molecular weight excluding hydrogens is 538 g/mol. The van der Waals surface area contributed by atoms with Crippen LogP contribution in [0.25, 0.3) is 16.5 Å². The SMILES string of the molecule is C=C(/C=C1\C(=O)C(c2cn(CCOc3ccc(Br)cc3)c3ccccc23)=C1O)C(C)(C)c1ccccc1C. The average molecular weight is 569 g/mol. The van der Waals surface area contributed by atoms with Gasteiger partial charge in [-0.2, -0.15) is 0 Å². The van der Waals surface area contributed by atoms with E-state index in [1.165, 1.54) is 0 Å². The summed E-state index contributed by atoms with van der Waals surface area (Å²) < 4.78 is 8.98. The fourth-order valence-electron chi connectivity index (χ4n) is 5.03. The fraction of sp³-hybridized carbons (Fsp3) is 0.182. The van der Waals surface area contributed by atoms with Gasteiger partial charge in [0.15, 0.2) is 0 Å². The summed E-state index contributed by atoms with van der Waals surface area (Å²) in [6.07, 6.45) is 3.67. The first-order valence-corrected chi connectivity index (χ1v) is 13.4. The summed E-state index contributed by atoms with van der Waals surface area (Å²) in [6.45, 7) is 11.6. The molecule has 0 saturated carbocycles. The zero-order valence-corrected chi connectivity index (χ0v) is 23.4. The van der Waals surface area contributed by atoms with E-state index < -0.39 is 0 Å². The first kappa shape index (κ1) is 25.8. The first-order chi connectivity index (χ1) is 18.2. The normalized spacial score (nSPS) is 14.7. The van der Waals surface area contributed by atoms with Gasteiger partial charge in [-0.15, -0.1) is 0 Å². The van der Waals surface area contributed by atoms with Crippen LogP contribution in [-0.4, -0.2) is 22.1 Å². The van der Waals surface area contributed by atoms with Crippen molar-refractivity contribution in [1.29, 1.82) is 0 Å². The molecule has 0 unspecified atom stereocenters.